The number of amides is 1. The van der Waals surface area contributed by atoms with Crippen LogP contribution in [0.3, 0.4) is 0 Å². The fourth-order valence-corrected chi connectivity index (χ4v) is 2.29. The Balaban J connectivity index is 3.07. The van der Waals surface area contributed by atoms with Crippen LogP contribution in [0.4, 0.5) is 0 Å². The standard InChI is InChI=1S/C17H25NO4/c1-10(2)16(21)13(18(5)17(22)11(3)4)8-12-6-7-14(19)15(20)9-12/h6-7,9-11,13,19-20H,8H2,1-5H3. The zero-order valence-corrected chi connectivity index (χ0v) is 13.8. The van der Waals surface area contributed by atoms with Crippen LogP contribution in [0.15, 0.2) is 18.2 Å². The van der Waals surface area contributed by atoms with Gasteiger partial charge in [0.25, 0.3) is 0 Å². The predicted octanol–water partition coefficient (Wildman–Crippen LogP) is 2.35. The van der Waals surface area contributed by atoms with E-state index in [9.17, 15) is 19.8 Å². The quantitative estimate of drug-likeness (QED) is 0.791. The monoisotopic (exact) mass is 307 g/mol. The zero-order valence-electron chi connectivity index (χ0n) is 13.8. The second-order valence-corrected chi connectivity index (χ2v) is 6.20. The summed E-state index contributed by atoms with van der Waals surface area (Å²) in [6, 6.07) is 3.86. The molecule has 1 atom stereocenters. The molecular weight excluding hydrogens is 282 g/mol. The van der Waals surface area contributed by atoms with Crippen molar-refractivity contribution in [3.63, 3.8) is 0 Å². The number of hydrogen-bond donors (Lipinski definition) is 2. The number of likely N-dealkylation sites (N-methyl/N-ethyl adjacent to an activating group) is 1. The summed E-state index contributed by atoms with van der Waals surface area (Å²) in [5, 5.41) is 18.9. The maximum Gasteiger partial charge on any atom is 0.225 e. The number of carbonyl (C=O) groups is 2. The van der Waals surface area contributed by atoms with Crippen molar-refractivity contribution in [2.45, 2.75) is 40.2 Å². The van der Waals surface area contributed by atoms with Gasteiger partial charge in [-0.2, -0.15) is 0 Å². The Morgan fingerprint density at radius 1 is 1.05 bits per heavy atom. The fraction of sp³-hybridized carbons (Fsp3) is 0.529. The smallest absolute Gasteiger partial charge is 0.225 e. The Morgan fingerprint density at radius 2 is 1.64 bits per heavy atom. The molecule has 0 aliphatic rings. The van der Waals surface area contributed by atoms with E-state index in [2.05, 4.69) is 0 Å². The van der Waals surface area contributed by atoms with Crippen LogP contribution in [0.1, 0.15) is 33.3 Å². The molecule has 1 unspecified atom stereocenters. The topological polar surface area (TPSA) is 77.8 Å². The lowest BCUT2D eigenvalue weighted by atomic mass is 9.93. The first-order valence-electron chi connectivity index (χ1n) is 7.46. The number of phenols is 2. The molecule has 0 saturated carbocycles. The minimum atomic E-state index is -0.584. The molecule has 1 aromatic carbocycles. The van der Waals surface area contributed by atoms with Gasteiger partial charge in [0.2, 0.25) is 5.91 Å². The van der Waals surface area contributed by atoms with Crippen LogP contribution in [0, 0.1) is 11.8 Å². The van der Waals surface area contributed by atoms with Crippen molar-refractivity contribution in [3.05, 3.63) is 23.8 Å². The minimum absolute atomic E-state index is 0.0240. The number of hydrogen-bond acceptors (Lipinski definition) is 4. The Morgan fingerprint density at radius 3 is 2.09 bits per heavy atom. The van der Waals surface area contributed by atoms with E-state index in [-0.39, 0.29) is 35.0 Å². The van der Waals surface area contributed by atoms with Gasteiger partial charge in [0.1, 0.15) is 0 Å². The number of Topliss-reactive ketones (excluding diaryl/α,β-unsaturated/α-hetero) is 1. The molecule has 1 rings (SSSR count). The number of nitrogens with zero attached hydrogens (tertiary/aromatic N) is 1. The molecule has 122 valence electrons. The van der Waals surface area contributed by atoms with Gasteiger partial charge in [-0.25, -0.2) is 0 Å². The van der Waals surface area contributed by atoms with Crippen molar-refractivity contribution in [3.8, 4) is 11.5 Å². The molecule has 0 aliphatic heterocycles. The summed E-state index contributed by atoms with van der Waals surface area (Å²) in [7, 11) is 1.63. The van der Waals surface area contributed by atoms with Crippen molar-refractivity contribution in [2.75, 3.05) is 7.05 Å². The summed E-state index contributed by atoms with van der Waals surface area (Å²) in [6.45, 7) is 7.19. The second-order valence-electron chi connectivity index (χ2n) is 6.20. The summed E-state index contributed by atoms with van der Waals surface area (Å²) in [5.41, 5.74) is 0.692. The molecule has 0 fully saturated rings. The molecule has 0 saturated heterocycles. The van der Waals surface area contributed by atoms with E-state index < -0.39 is 6.04 Å². The van der Waals surface area contributed by atoms with E-state index in [1.165, 1.54) is 17.0 Å². The van der Waals surface area contributed by atoms with Gasteiger partial charge in [0.15, 0.2) is 17.3 Å². The highest BCUT2D eigenvalue weighted by Gasteiger charge is 2.29. The molecule has 0 bridgehead atoms. The number of carbonyl (C=O) groups excluding carboxylic acids is 2. The molecule has 0 aliphatic carbocycles. The summed E-state index contributed by atoms with van der Waals surface area (Å²) >= 11 is 0. The molecule has 1 amide bonds. The van der Waals surface area contributed by atoms with Gasteiger partial charge in [0.05, 0.1) is 6.04 Å². The molecule has 22 heavy (non-hydrogen) atoms. The second kappa shape index (κ2) is 7.29. The van der Waals surface area contributed by atoms with Gasteiger partial charge in [-0.15, -0.1) is 0 Å². The van der Waals surface area contributed by atoms with Gasteiger partial charge >= 0.3 is 0 Å². The molecule has 0 heterocycles. The largest absolute Gasteiger partial charge is 0.504 e. The first-order chi connectivity index (χ1) is 10.1. The maximum atomic E-state index is 12.5. The van der Waals surface area contributed by atoms with Crippen LogP contribution in [0.2, 0.25) is 0 Å². The third-order valence-corrected chi connectivity index (χ3v) is 3.68. The van der Waals surface area contributed by atoms with E-state index in [0.29, 0.717) is 12.0 Å². The highest BCUT2D eigenvalue weighted by Crippen LogP contribution is 2.26. The highest BCUT2D eigenvalue weighted by atomic mass is 16.3. The lowest BCUT2D eigenvalue weighted by Crippen LogP contribution is -2.46. The fourth-order valence-electron chi connectivity index (χ4n) is 2.29. The minimum Gasteiger partial charge on any atom is -0.504 e. The zero-order chi connectivity index (χ0) is 17.0. The Hall–Kier alpha value is -2.04. The first-order valence-corrected chi connectivity index (χ1v) is 7.46. The van der Waals surface area contributed by atoms with Gasteiger partial charge in [0, 0.05) is 25.3 Å². The SMILES string of the molecule is CC(C)C(=O)C(Cc1ccc(O)c(O)c1)N(C)C(=O)C(C)C. The summed E-state index contributed by atoms with van der Waals surface area (Å²) < 4.78 is 0. The van der Waals surface area contributed by atoms with Crippen molar-refractivity contribution >= 4 is 11.7 Å². The first kappa shape index (κ1) is 18.0. The molecule has 0 aromatic heterocycles. The van der Waals surface area contributed by atoms with E-state index in [4.69, 9.17) is 0 Å². The van der Waals surface area contributed by atoms with Gasteiger partial charge < -0.3 is 15.1 Å². The lowest BCUT2D eigenvalue weighted by Gasteiger charge is -2.30. The van der Waals surface area contributed by atoms with Gasteiger partial charge in [-0.05, 0) is 17.7 Å². The number of phenolic OH excluding ortho intramolecular Hbond substituents is 2. The van der Waals surface area contributed by atoms with Crippen molar-refractivity contribution in [1.82, 2.24) is 4.90 Å². The Bertz CT molecular complexity index is 552. The van der Waals surface area contributed by atoms with Crippen molar-refractivity contribution in [2.24, 2.45) is 11.8 Å². The third kappa shape index (κ3) is 4.23. The van der Waals surface area contributed by atoms with E-state index in [1.807, 2.05) is 0 Å². The lowest BCUT2D eigenvalue weighted by molar-refractivity contribution is -0.141. The van der Waals surface area contributed by atoms with Crippen LogP contribution in [0.5, 0.6) is 11.5 Å². The molecule has 0 spiro atoms. The van der Waals surface area contributed by atoms with Gasteiger partial charge in [-0.3, -0.25) is 9.59 Å². The number of benzene rings is 1. The van der Waals surface area contributed by atoms with E-state index in [1.54, 1.807) is 40.8 Å². The molecule has 5 nitrogen and oxygen atoms in total. The third-order valence-electron chi connectivity index (χ3n) is 3.68. The van der Waals surface area contributed by atoms with Gasteiger partial charge in [-0.1, -0.05) is 33.8 Å². The van der Waals surface area contributed by atoms with Crippen LogP contribution >= 0.6 is 0 Å². The number of aromatic hydroxyl groups is 2. The molecule has 0 radical (unpaired) electrons. The number of rotatable bonds is 6. The normalized spacial score (nSPS) is 12.5. The van der Waals surface area contributed by atoms with Crippen molar-refractivity contribution < 1.29 is 19.8 Å². The van der Waals surface area contributed by atoms with Crippen LogP contribution in [-0.2, 0) is 16.0 Å². The molecule has 1 aromatic rings. The molecule has 5 heteroatoms. The van der Waals surface area contributed by atoms with E-state index >= 15 is 0 Å². The average Bonchev–Trinajstić information content (AvgIpc) is 2.45. The summed E-state index contributed by atoms with van der Waals surface area (Å²) in [6.07, 6.45) is 0.305. The Kier molecular flexibility index (Phi) is 5.97. The summed E-state index contributed by atoms with van der Waals surface area (Å²) in [4.78, 5) is 26.2. The average molecular weight is 307 g/mol. The maximum absolute atomic E-state index is 12.5. The van der Waals surface area contributed by atoms with E-state index in [0.717, 1.165) is 0 Å². The van der Waals surface area contributed by atoms with Crippen LogP contribution in [-0.4, -0.2) is 39.9 Å². The molecule has 2 N–H and O–H groups in total. The van der Waals surface area contributed by atoms with Crippen LogP contribution < -0.4 is 0 Å². The highest BCUT2D eigenvalue weighted by molar-refractivity contribution is 5.90. The summed E-state index contributed by atoms with van der Waals surface area (Å²) in [5.74, 6) is -0.946. The predicted molar refractivity (Wildman–Crippen MR) is 84.7 cm³/mol. The van der Waals surface area contributed by atoms with Crippen molar-refractivity contribution in [1.29, 1.82) is 0 Å². The molecular formula is C17H25NO4. The number of ketones is 1. The van der Waals surface area contributed by atoms with Crippen LogP contribution in [0.25, 0.3) is 0 Å². The Labute approximate surface area is 131 Å².